The summed E-state index contributed by atoms with van der Waals surface area (Å²) in [6.45, 7) is 9.39. The third kappa shape index (κ3) is 5.35. The van der Waals surface area contributed by atoms with Gasteiger partial charge in [-0.1, -0.05) is 28.2 Å². The first-order chi connectivity index (χ1) is 19.3. The zero-order valence-electron chi connectivity index (χ0n) is 23.7. The lowest BCUT2D eigenvalue weighted by Crippen LogP contribution is -2.29. The number of nitriles is 1. The molecule has 5 rings (SSSR count). The van der Waals surface area contributed by atoms with Crippen molar-refractivity contribution in [3.8, 4) is 6.07 Å². The van der Waals surface area contributed by atoms with Gasteiger partial charge >= 0.3 is 0 Å². The average Bonchev–Trinajstić information content (AvgIpc) is 3.56. The Morgan fingerprint density at radius 1 is 1.12 bits per heavy atom. The van der Waals surface area contributed by atoms with Gasteiger partial charge in [-0.25, -0.2) is 12.4 Å². The van der Waals surface area contributed by atoms with Gasteiger partial charge in [-0.3, -0.25) is 4.99 Å². The molecule has 0 fully saturated rings. The Morgan fingerprint density at radius 3 is 2.46 bits per heavy atom. The zero-order valence-corrected chi connectivity index (χ0v) is 26.2. The number of hydrogen-bond donors (Lipinski definition) is 0. The smallest absolute Gasteiger partial charge is 0.268 e. The van der Waals surface area contributed by atoms with Gasteiger partial charge in [-0.05, 0) is 88.4 Å². The van der Waals surface area contributed by atoms with Gasteiger partial charge in [0.1, 0.15) is 21.8 Å². The SMILES string of the molecule is CSc1cc(C)c2c(ccn2S(=O)(=O)c2ccc(C)cc2)c1C(=N[S+]([O-])C(C)(C)C)C1=Nc2cc(C#N)ccc2C1. The second-order valence-electron chi connectivity index (χ2n) is 11.0. The number of rotatable bonds is 6. The molecule has 1 unspecified atom stereocenters. The van der Waals surface area contributed by atoms with E-state index in [9.17, 15) is 18.2 Å². The molecule has 7 nitrogen and oxygen atoms in total. The van der Waals surface area contributed by atoms with Crippen LogP contribution in [-0.2, 0) is 27.8 Å². The summed E-state index contributed by atoms with van der Waals surface area (Å²) in [5.74, 6) is 0. The van der Waals surface area contributed by atoms with Crippen molar-refractivity contribution in [1.82, 2.24) is 3.97 Å². The van der Waals surface area contributed by atoms with Crippen LogP contribution in [0.25, 0.3) is 10.9 Å². The summed E-state index contributed by atoms with van der Waals surface area (Å²) >= 11 is -0.101. The van der Waals surface area contributed by atoms with Gasteiger partial charge in [0, 0.05) is 28.5 Å². The molecule has 10 heteroatoms. The van der Waals surface area contributed by atoms with Gasteiger partial charge in [0.05, 0.1) is 33.4 Å². The van der Waals surface area contributed by atoms with Gasteiger partial charge in [0.15, 0.2) is 0 Å². The maximum absolute atomic E-state index is 13.8. The van der Waals surface area contributed by atoms with E-state index in [0.717, 1.165) is 21.6 Å². The molecule has 0 amide bonds. The van der Waals surface area contributed by atoms with E-state index in [1.165, 1.54) is 15.7 Å². The van der Waals surface area contributed by atoms with E-state index in [1.54, 1.807) is 48.7 Å². The molecule has 0 saturated carbocycles. The van der Waals surface area contributed by atoms with Crippen LogP contribution in [0.5, 0.6) is 0 Å². The third-order valence-electron chi connectivity index (χ3n) is 6.92. The average molecular weight is 603 g/mol. The van der Waals surface area contributed by atoms with Crippen molar-refractivity contribution in [2.75, 3.05) is 6.26 Å². The summed E-state index contributed by atoms with van der Waals surface area (Å²) in [6.07, 6.45) is 3.98. The second kappa shape index (κ2) is 10.8. The van der Waals surface area contributed by atoms with E-state index in [2.05, 4.69) is 6.07 Å². The molecule has 0 saturated heterocycles. The Hall–Kier alpha value is -3.36. The number of hydrogen-bond acceptors (Lipinski definition) is 7. The van der Waals surface area contributed by atoms with Crippen molar-refractivity contribution in [1.29, 1.82) is 5.26 Å². The number of fused-ring (bicyclic) bond motifs is 2. The second-order valence-corrected chi connectivity index (χ2v) is 15.5. The van der Waals surface area contributed by atoms with Crippen LogP contribution in [0.15, 0.2) is 80.0 Å². The molecule has 0 bridgehead atoms. The van der Waals surface area contributed by atoms with Crippen LogP contribution < -0.4 is 0 Å². The Balaban J connectivity index is 1.78. The highest BCUT2D eigenvalue weighted by atomic mass is 32.2. The lowest BCUT2D eigenvalue weighted by molar-refractivity contribution is 0.561. The van der Waals surface area contributed by atoms with Gasteiger partial charge in [-0.2, -0.15) is 5.26 Å². The van der Waals surface area contributed by atoms with E-state index < -0.39 is 26.1 Å². The maximum atomic E-state index is 13.8. The Morgan fingerprint density at radius 2 is 1.83 bits per heavy atom. The van der Waals surface area contributed by atoms with Crippen molar-refractivity contribution in [3.63, 3.8) is 0 Å². The summed E-state index contributed by atoms with van der Waals surface area (Å²) in [4.78, 5) is 5.93. The molecule has 1 aliphatic rings. The standard InChI is InChI=1S/C31H30N4O3S3/c1-19-7-11-23(12-8-19)41(37,38)35-14-13-24-28(27(39-6)15-20(2)30(24)35)29(34-40(36)31(3,4)5)26-17-22-10-9-21(18-32)16-25(22)33-26/h7-16H,17H2,1-6H3. The Kier molecular flexibility index (Phi) is 7.68. The first kappa shape index (κ1) is 29.1. The van der Waals surface area contributed by atoms with Crippen molar-refractivity contribution in [3.05, 3.63) is 88.6 Å². The minimum Gasteiger partial charge on any atom is -0.591 e. The fourth-order valence-electron chi connectivity index (χ4n) is 4.75. The largest absolute Gasteiger partial charge is 0.591 e. The highest BCUT2D eigenvalue weighted by molar-refractivity contribution is 7.98. The Bertz CT molecular complexity index is 1890. The van der Waals surface area contributed by atoms with Crippen LogP contribution in [0, 0.1) is 25.2 Å². The van der Waals surface area contributed by atoms with Crippen LogP contribution in [-0.4, -0.2) is 39.4 Å². The first-order valence-corrected chi connectivity index (χ1v) is 16.7. The van der Waals surface area contributed by atoms with Crippen LogP contribution >= 0.6 is 11.8 Å². The quantitative estimate of drug-likeness (QED) is 0.139. The van der Waals surface area contributed by atoms with E-state index >= 15 is 0 Å². The van der Waals surface area contributed by atoms with Crippen LogP contribution in [0.1, 0.15) is 48.6 Å². The predicted octanol–water partition coefficient (Wildman–Crippen LogP) is 6.67. The summed E-state index contributed by atoms with van der Waals surface area (Å²) < 4.78 is 46.6. The topological polar surface area (TPSA) is 111 Å². The normalized spacial score (nSPS) is 14.6. The number of thioether (sulfide) groups is 1. The number of aliphatic imine (C=N–C) groups is 1. The minimum absolute atomic E-state index is 0.196. The lowest BCUT2D eigenvalue weighted by atomic mass is 9.97. The van der Waals surface area contributed by atoms with Crippen LogP contribution in [0.4, 0.5) is 5.69 Å². The molecule has 2 heterocycles. The summed E-state index contributed by atoms with van der Waals surface area (Å²) in [5, 5.41) is 10.1. The third-order valence-corrected chi connectivity index (χ3v) is 10.8. The summed E-state index contributed by atoms with van der Waals surface area (Å²) in [5.41, 5.74) is 6.22. The van der Waals surface area contributed by atoms with Gasteiger partial charge in [0.25, 0.3) is 10.0 Å². The molecular formula is C31H30N4O3S3. The molecule has 1 aliphatic heterocycles. The molecular weight excluding hydrogens is 573 g/mol. The lowest BCUT2D eigenvalue weighted by Gasteiger charge is -2.21. The number of aromatic nitrogens is 1. The van der Waals surface area contributed by atoms with Crippen LogP contribution in [0.3, 0.4) is 0 Å². The summed E-state index contributed by atoms with van der Waals surface area (Å²) in [6, 6.07) is 18.1. The van der Waals surface area contributed by atoms with Crippen molar-refractivity contribution < 1.29 is 13.0 Å². The predicted molar refractivity (Wildman–Crippen MR) is 169 cm³/mol. The summed E-state index contributed by atoms with van der Waals surface area (Å²) in [7, 11) is -3.89. The van der Waals surface area contributed by atoms with E-state index in [4.69, 9.17) is 9.39 Å². The van der Waals surface area contributed by atoms with Gasteiger partial charge < -0.3 is 4.55 Å². The number of nitrogens with zero attached hydrogens (tertiary/aromatic N) is 4. The molecule has 41 heavy (non-hydrogen) atoms. The van der Waals surface area contributed by atoms with E-state index in [1.807, 2.05) is 53.0 Å². The highest BCUT2D eigenvalue weighted by Gasteiger charge is 2.33. The maximum Gasteiger partial charge on any atom is 0.268 e. The molecule has 0 radical (unpaired) electrons. The monoisotopic (exact) mass is 602 g/mol. The molecule has 4 aromatic rings. The van der Waals surface area contributed by atoms with Crippen LogP contribution in [0.2, 0.25) is 0 Å². The van der Waals surface area contributed by atoms with Crippen molar-refractivity contribution in [2.45, 2.75) is 55.6 Å². The van der Waals surface area contributed by atoms with Crippen molar-refractivity contribution in [2.24, 2.45) is 9.39 Å². The molecule has 1 aromatic heterocycles. The molecule has 0 spiro atoms. The van der Waals surface area contributed by atoms with Crippen molar-refractivity contribution >= 4 is 61.2 Å². The highest BCUT2D eigenvalue weighted by Crippen LogP contribution is 2.37. The first-order valence-electron chi connectivity index (χ1n) is 13.0. The minimum atomic E-state index is -3.89. The van der Waals surface area contributed by atoms with Gasteiger partial charge in [-0.15, -0.1) is 11.8 Å². The van der Waals surface area contributed by atoms with E-state index in [-0.39, 0.29) is 4.90 Å². The number of benzene rings is 3. The molecule has 1 atom stereocenters. The molecule has 0 N–H and O–H groups in total. The fraction of sp³-hybridized carbons (Fsp3) is 0.258. The Labute approximate surface area is 248 Å². The van der Waals surface area contributed by atoms with E-state index in [0.29, 0.717) is 45.6 Å². The zero-order chi connectivity index (χ0) is 29.7. The fourth-order valence-corrected chi connectivity index (χ4v) is 7.51. The molecule has 210 valence electrons. The molecule has 0 aliphatic carbocycles. The molecule has 3 aromatic carbocycles. The van der Waals surface area contributed by atoms with Gasteiger partial charge in [0.2, 0.25) is 0 Å². The number of aryl methyl sites for hydroxylation is 2.